The molecule has 0 bridgehead atoms. The van der Waals surface area contributed by atoms with Crippen molar-refractivity contribution in [1.29, 1.82) is 0 Å². The molecule has 1 fully saturated rings. The SMILES string of the molecule is O=C(c1ccc(-c2cc(O)cc(OC(F)(F)F)c2)cc1)N1CCCCC1. The average Bonchev–Trinajstić information content (AvgIpc) is 2.60. The molecular weight excluding hydrogens is 347 g/mol. The maximum atomic E-state index is 12.5. The molecule has 0 spiro atoms. The summed E-state index contributed by atoms with van der Waals surface area (Å²) in [5.74, 6) is -0.885. The van der Waals surface area contributed by atoms with Crippen molar-refractivity contribution in [2.75, 3.05) is 13.1 Å². The fraction of sp³-hybridized carbons (Fsp3) is 0.316. The number of alkyl halides is 3. The Balaban J connectivity index is 1.81. The zero-order valence-corrected chi connectivity index (χ0v) is 13.9. The van der Waals surface area contributed by atoms with E-state index in [4.69, 9.17) is 0 Å². The van der Waals surface area contributed by atoms with E-state index in [0.29, 0.717) is 16.7 Å². The van der Waals surface area contributed by atoms with Crippen LogP contribution in [0.4, 0.5) is 13.2 Å². The van der Waals surface area contributed by atoms with Crippen LogP contribution in [0.5, 0.6) is 11.5 Å². The molecule has 138 valence electrons. The van der Waals surface area contributed by atoms with Gasteiger partial charge in [0, 0.05) is 24.7 Å². The fourth-order valence-corrected chi connectivity index (χ4v) is 3.03. The van der Waals surface area contributed by atoms with Gasteiger partial charge < -0.3 is 14.7 Å². The van der Waals surface area contributed by atoms with Crippen LogP contribution in [-0.4, -0.2) is 35.4 Å². The molecule has 0 atom stereocenters. The van der Waals surface area contributed by atoms with Gasteiger partial charge in [0.25, 0.3) is 5.91 Å². The molecule has 0 radical (unpaired) electrons. The quantitative estimate of drug-likeness (QED) is 0.866. The monoisotopic (exact) mass is 365 g/mol. The van der Waals surface area contributed by atoms with Crippen LogP contribution in [0, 0.1) is 0 Å². The first-order valence-corrected chi connectivity index (χ1v) is 8.31. The lowest BCUT2D eigenvalue weighted by Crippen LogP contribution is -2.35. The Hall–Kier alpha value is -2.70. The van der Waals surface area contributed by atoms with Gasteiger partial charge >= 0.3 is 6.36 Å². The number of piperidine rings is 1. The van der Waals surface area contributed by atoms with Crippen LogP contribution in [0.3, 0.4) is 0 Å². The van der Waals surface area contributed by atoms with Gasteiger partial charge in [-0.1, -0.05) is 12.1 Å². The van der Waals surface area contributed by atoms with Gasteiger partial charge in [0.2, 0.25) is 0 Å². The Bertz CT molecular complexity index is 782. The van der Waals surface area contributed by atoms with Crippen molar-refractivity contribution in [1.82, 2.24) is 4.90 Å². The number of rotatable bonds is 3. The fourth-order valence-electron chi connectivity index (χ4n) is 3.03. The summed E-state index contributed by atoms with van der Waals surface area (Å²) in [6, 6.07) is 9.98. The van der Waals surface area contributed by atoms with Gasteiger partial charge in [-0.05, 0) is 54.7 Å². The molecular formula is C19H18F3NO3. The minimum atomic E-state index is -4.84. The van der Waals surface area contributed by atoms with Crippen molar-refractivity contribution in [2.24, 2.45) is 0 Å². The molecule has 1 heterocycles. The van der Waals surface area contributed by atoms with Crippen molar-refractivity contribution in [3.63, 3.8) is 0 Å². The van der Waals surface area contributed by atoms with E-state index < -0.39 is 12.1 Å². The molecule has 1 amide bonds. The van der Waals surface area contributed by atoms with Crippen LogP contribution in [0.15, 0.2) is 42.5 Å². The highest BCUT2D eigenvalue weighted by atomic mass is 19.4. The van der Waals surface area contributed by atoms with Crippen LogP contribution >= 0.6 is 0 Å². The van der Waals surface area contributed by atoms with E-state index in [0.717, 1.165) is 38.4 Å². The van der Waals surface area contributed by atoms with E-state index in [1.165, 1.54) is 12.1 Å². The third kappa shape index (κ3) is 4.47. The summed E-state index contributed by atoms with van der Waals surface area (Å²) in [5.41, 5.74) is 1.46. The van der Waals surface area contributed by atoms with E-state index in [9.17, 15) is 23.1 Å². The van der Waals surface area contributed by atoms with E-state index in [2.05, 4.69) is 4.74 Å². The second-order valence-corrected chi connectivity index (χ2v) is 6.19. The number of halogens is 3. The van der Waals surface area contributed by atoms with Gasteiger partial charge in [-0.25, -0.2) is 0 Å². The number of likely N-dealkylation sites (tertiary alicyclic amines) is 1. The number of hydrogen-bond acceptors (Lipinski definition) is 3. The lowest BCUT2D eigenvalue weighted by Gasteiger charge is -2.26. The maximum absolute atomic E-state index is 12.5. The molecule has 26 heavy (non-hydrogen) atoms. The Morgan fingerprint density at radius 2 is 1.62 bits per heavy atom. The molecule has 2 aromatic rings. The van der Waals surface area contributed by atoms with Crippen molar-refractivity contribution < 1.29 is 27.8 Å². The van der Waals surface area contributed by atoms with Crippen molar-refractivity contribution in [3.05, 3.63) is 48.0 Å². The van der Waals surface area contributed by atoms with Crippen LogP contribution < -0.4 is 4.74 Å². The largest absolute Gasteiger partial charge is 0.573 e. The summed E-state index contributed by atoms with van der Waals surface area (Å²) >= 11 is 0. The van der Waals surface area contributed by atoms with Crippen LogP contribution in [0.2, 0.25) is 0 Å². The molecule has 0 aromatic heterocycles. The van der Waals surface area contributed by atoms with Gasteiger partial charge in [0.05, 0.1) is 0 Å². The number of ether oxygens (including phenoxy) is 1. The number of amides is 1. The number of phenols is 1. The van der Waals surface area contributed by atoms with E-state index in [1.807, 2.05) is 4.90 Å². The van der Waals surface area contributed by atoms with Crippen molar-refractivity contribution in [3.8, 4) is 22.6 Å². The maximum Gasteiger partial charge on any atom is 0.573 e. The van der Waals surface area contributed by atoms with Gasteiger partial charge in [-0.2, -0.15) is 0 Å². The topological polar surface area (TPSA) is 49.8 Å². The van der Waals surface area contributed by atoms with Crippen molar-refractivity contribution in [2.45, 2.75) is 25.6 Å². The zero-order valence-electron chi connectivity index (χ0n) is 13.9. The highest BCUT2D eigenvalue weighted by molar-refractivity contribution is 5.94. The molecule has 1 aliphatic heterocycles. The number of carbonyl (C=O) groups is 1. The zero-order chi connectivity index (χ0) is 18.7. The van der Waals surface area contributed by atoms with Crippen LogP contribution in [0.25, 0.3) is 11.1 Å². The van der Waals surface area contributed by atoms with Gasteiger partial charge in [-0.3, -0.25) is 4.79 Å². The van der Waals surface area contributed by atoms with Crippen LogP contribution in [0.1, 0.15) is 29.6 Å². The molecule has 2 aromatic carbocycles. The number of carbonyl (C=O) groups excluding carboxylic acids is 1. The van der Waals surface area contributed by atoms with E-state index >= 15 is 0 Å². The Morgan fingerprint density at radius 3 is 2.23 bits per heavy atom. The molecule has 1 aliphatic rings. The highest BCUT2D eigenvalue weighted by Gasteiger charge is 2.31. The van der Waals surface area contributed by atoms with E-state index in [1.54, 1.807) is 24.3 Å². The number of phenolic OH excluding ortho intramolecular Hbond substituents is 1. The molecule has 1 saturated heterocycles. The summed E-state index contributed by atoms with van der Waals surface area (Å²) in [7, 11) is 0. The third-order valence-electron chi connectivity index (χ3n) is 4.23. The first-order valence-electron chi connectivity index (χ1n) is 8.31. The highest BCUT2D eigenvalue weighted by Crippen LogP contribution is 2.32. The molecule has 3 rings (SSSR count). The minimum absolute atomic E-state index is 0.0479. The molecule has 0 unspecified atom stereocenters. The second-order valence-electron chi connectivity index (χ2n) is 6.19. The van der Waals surface area contributed by atoms with E-state index in [-0.39, 0.29) is 11.7 Å². The lowest BCUT2D eigenvalue weighted by atomic mass is 10.0. The summed E-state index contributed by atoms with van der Waals surface area (Å²) in [6.07, 6.45) is -1.72. The normalized spacial score (nSPS) is 15.0. The second kappa shape index (κ2) is 7.27. The number of nitrogens with zero attached hydrogens (tertiary/aromatic N) is 1. The summed E-state index contributed by atoms with van der Waals surface area (Å²) in [4.78, 5) is 14.3. The molecule has 7 heteroatoms. The molecule has 0 aliphatic carbocycles. The molecule has 0 saturated carbocycles. The Morgan fingerprint density at radius 1 is 0.962 bits per heavy atom. The average molecular weight is 365 g/mol. The van der Waals surface area contributed by atoms with Crippen molar-refractivity contribution >= 4 is 5.91 Å². The predicted molar refractivity (Wildman–Crippen MR) is 90.0 cm³/mol. The number of aromatic hydroxyl groups is 1. The minimum Gasteiger partial charge on any atom is -0.508 e. The smallest absolute Gasteiger partial charge is 0.508 e. The first kappa shape index (κ1) is 18.1. The summed E-state index contributed by atoms with van der Waals surface area (Å²) < 4.78 is 41.0. The number of benzene rings is 2. The summed E-state index contributed by atoms with van der Waals surface area (Å²) in [5, 5.41) is 9.66. The summed E-state index contributed by atoms with van der Waals surface area (Å²) in [6.45, 7) is 1.48. The van der Waals surface area contributed by atoms with Gasteiger partial charge in [0.15, 0.2) is 0 Å². The molecule has 4 nitrogen and oxygen atoms in total. The number of hydrogen-bond donors (Lipinski definition) is 1. The Kier molecular flexibility index (Phi) is 5.06. The lowest BCUT2D eigenvalue weighted by molar-refractivity contribution is -0.274. The Labute approximate surface area is 148 Å². The van der Waals surface area contributed by atoms with Crippen LogP contribution in [-0.2, 0) is 0 Å². The third-order valence-corrected chi connectivity index (χ3v) is 4.23. The predicted octanol–water partition coefficient (Wildman–Crippen LogP) is 4.58. The molecule has 1 N–H and O–H groups in total. The van der Waals surface area contributed by atoms with Gasteiger partial charge in [-0.15, -0.1) is 13.2 Å². The first-order chi connectivity index (χ1) is 12.3. The standard InChI is InChI=1S/C19H18F3NO3/c20-19(21,22)26-17-11-15(10-16(24)12-17)13-4-6-14(7-5-13)18(25)23-8-2-1-3-9-23/h4-7,10-12,24H,1-3,8-9H2. The van der Waals surface area contributed by atoms with Gasteiger partial charge in [0.1, 0.15) is 11.5 Å².